The summed E-state index contributed by atoms with van der Waals surface area (Å²) in [5.74, 6) is 0.797. The molecule has 0 atom stereocenters. The van der Waals surface area contributed by atoms with E-state index in [0.717, 1.165) is 51.9 Å². The molecule has 2 fully saturated rings. The van der Waals surface area contributed by atoms with Crippen LogP contribution < -0.4 is 0 Å². The van der Waals surface area contributed by atoms with E-state index in [1.165, 1.54) is 0 Å². The van der Waals surface area contributed by atoms with Crippen LogP contribution in [-0.4, -0.2) is 79.6 Å². The second kappa shape index (κ2) is 14.1. The number of nitrogens with zero attached hydrogens (tertiary/aromatic N) is 2. The van der Waals surface area contributed by atoms with Gasteiger partial charge in [0, 0.05) is 25.0 Å². The normalized spacial score (nSPS) is 19.4. The van der Waals surface area contributed by atoms with Crippen molar-refractivity contribution in [2.75, 3.05) is 46.0 Å². The number of rotatable bonds is 9. The van der Waals surface area contributed by atoms with Crippen LogP contribution in [0, 0.1) is 5.92 Å². The number of carbonyl (C=O) groups excluding carboxylic acids is 2. The molecule has 6 heteroatoms. The Bertz CT molecular complexity index is 440. The second-order valence-electron chi connectivity index (χ2n) is 7.81. The molecule has 2 aliphatic rings. The molecule has 0 aliphatic carbocycles. The summed E-state index contributed by atoms with van der Waals surface area (Å²) >= 11 is 0. The highest BCUT2D eigenvalue weighted by Gasteiger charge is 2.30. The topological polar surface area (TPSA) is 59.1 Å². The second-order valence-corrected chi connectivity index (χ2v) is 7.81. The van der Waals surface area contributed by atoms with Gasteiger partial charge in [-0.3, -0.25) is 9.59 Å². The van der Waals surface area contributed by atoms with Gasteiger partial charge >= 0.3 is 0 Å². The third-order valence-corrected chi connectivity index (χ3v) is 5.58. The number of carbonyl (C=O) groups is 2. The molecule has 0 unspecified atom stereocenters. The van der Waals surface area contributed by atoms with Crippen molar-refractivity contribution in [1.82, 2.24) is 9.80 Å². The van der Waals surface area contributed by atoms with E-state index < -0.39 is 0 Å². The molecular weight excluding hydrogens is 356 g/mol. The van der Waals surface area contributed by atoms with Crippen molar-refractivity contribution in [3.63, 3.8) is 0 Å². The zero-order valence-corrected chi connectivity index (χ0v) is 18.7. The molecule has 0 aromatic heterocycles. The number of ketones is 1. The van der Waals surface area contributed by atoms with Gasteiger partial charge in [0.2, 0.25) is 5.91 Å². The number of Topliss-reactive ketones (excluding diaryl/α,β-unsaturated/α-hetero) is 1. The van der Waals surface area contributed by atoms with Gasteiger partial charge in [-0.15, -0.1) is 0 Å². The van der Waals surface area contributed by atoms with Gasteiger partial charge in [-0.1, -0.05) is 13.8 Å². The Morgan fingerprint density at radius 1 is 0.929 bits per heavy atom. The summed E-state index contributed by atoms with van der Waals surface area (Å²) in [4.78, 5) is 28.3. The van der Waals surface area contributed by atoms with Gasteiger partial charge in [0.15, 0.2) is 0 Å². The van der Waals surface area contributed by atoms with Crippen molar-refractivity contribution in [2.24, 2.45) is 5.92 Å². The molecule has 0 saturated carbocycles. The first kappa shape index (κ1) is 25.1. The largest absolute Gasteiger partial charge is 0.379 e. The number of hydrogen-bond acceptors (Lipinski definition) is 5. The Balaban J connectivity index is 0.00000190. The number of likely N-dealkylation sites (tertiary alicyclic amines) is 2. The maximum absolute atomic E-state index is 12.3. The van der Waals surface area contributed by atoms with Crippen LogP contribution in [-0.2, 0) is 19.1 Å². The maximum atomic E-state index is 12.3. The van der Waals surface area contributed by atoms with Gasteiger partial charge in [0.1, 0.15) is 5.78 Å². The fourth-order valence-corrected chi connectivity index (χ4v) is 3.91. The molecule has 0 aromatic carbocycles. The highest BCUT2D eigenvalue weighted by molar-refractivity contribution is 5.78. The lowest BCUT2D eigenvalue weighted by molar-refractivity contribution is -0.134. The number of hydrogen-bond donors (Lipinski definition) is 0. The molecule has 28 heavy (non-hydrogen) atoms. The first-order chi connectivity index (χ1) is 13.5. The van der Waals surface area contributed by atoms with Crippen LogP contribution in [0.15, 0.2) is 0 Å². The minimum absolute atomic E-state index is 0.198. The first-order valence-corrected chi connectivity index (χ1v) is 11.2. The van der Waals surface area contributed by atoms with Crippen LogP contribution in [0.5, 0.6) is 0 Å². The van der Waals surface area contributed by atoms with Gasteiger partial charge in [-0.2, -0.15) is 0 Å². The van der Waals surface area contributed by atoms with E-state index in [1.54, 1.807) is 6.92 Å². The predicted molar refractivity (Wildman–Crippen MR) is 112 cm³/mol. The quantitative estimate of drug-likeness (QED) is 0.559. The first-order valence-electron chi connectivity index (χ1n) is 11.2. The van der Waals surface area contributed by atoms with Crippen molar-refractivity contribution in [3.8, 4) is 0 Å². The standard InChI is InChI=1S/C20H36N2O4.C2H6/c1-16(2)26-15-14-25-13-8-20(24)22-11-6-19(7-12-22)21-9-4-18(5-10-21)17(3)23;1-2/h16,18-19H,4-15H2,1-3H3;1-2H3. The van der Waals surface area contributed by atoms with Crippen molar-refractivity contribution >= 4 is 11.7 Å². The smallest absolute Gasteiger partial charge is 0.224 e. The Hall–Kier alpha value is -0.980. The van der Waals surface area contributed by atoms with Crippen LogP contribution in [0.3, 0.4) is 0 Å². The molecule has 2 aliphatic heterocycles. The molecule has 0 bridgehead atoms. The maximum Gasteiger partial charge on any atom is 0.224 e. The van der Waals surface area contributed by atoms with Crippen LogP contribution in [0.1, 0.15) is 66.7 Å². The van der Waals surface area contributed by atoms with Gasteiger partial charge in [0.05, 0.1) is 32.3 Å². The lowest BCUT2D eigenvalue weighted by atomic mass is 9.91. The van der Waals surface area contributed by atoms with Crippen molar-refractivity contribution < 1.29 is 19.1 Å². The van der Waals surface area contributed by atoms with Crippen LogP contribution in [0.2, 0.25) is 0 Å². The Morgan fingerprint density at radius 3 is 2.07 bits per heavy atom. The molecule has 164 valence electrons. The van der Waals surface area contributed by atoms with Crippen molar-refractivity contribution in [3.05, 3.63) is 0 Å². The zero-order valence-electron chi connectivity index (χ0n) is 18.7. The fraction of sp³-hybridized carbons (Fsp3) is 0.909. The summed E-state index contributed by atoms with van der Waals surface area (Å²) in [5, 5.41) is 0. The van der Waals surface area contributed by atoms with E-state index in [9.17, 15) is 9.59 Å². The molecule has 0 spiro atoms. The summed E-state index contributed by atoms with van der Waals surface area (Å²) < 4.78 is 10.9. The fourth-order valence-electron chi connectivity index (χ4n) is 3.91. The molecule has 2 heterocycles. The third-order valence-electron chi connectivity index (χ3n) is 5.58. The summed E-state index contributed by atoms with van der Waals surface area (Å²) in [5.41, 5.74) is 0. The van der Waals surface area contributed by atoms with Gasteiger partial charge in [0.25, 0.3) is 0 Å². The third kappa shape index (κ3) is 9.01. The number of piperidine rings is 2. The van der Waals surface area contributed by atoms with Gasteiger partial charge in [-0.05, 0) is 59.5 Å². The van der Waals surface area contributed by atoms with E-state index in [2.05, 4.69) is 4.90 Å². The van der Waals surface area contributed by atoms with Crippen LogP contribution in [0.4, 0.5) is 0 Å². The van der Waals surface area contributed by atoms with E-state index in [0.29, 0.717) is 38.1 Å². The minimum atomic E-state index is 0.198. The molecule has 2 rings (SSSR count). The summed E-state index contributed by atoms with van der Waals surface area (Å²) in [6.45, 7) is 15.0. The molecule has 1 amide bonds. The molecule has 0 aromatic rings. The highest BCUT2D eigenvalue weighted by Crippen LogP contribution is 2.24. The highest BCUT2D eigenvalue weighted by atomic mass is 16.5. The molecular formula is C22H42N2O4. The van der Waals surface area contributed by atoms with E-state index in [-0.39, 0.29) is 17.9 Å². The molecule has 2 saturated heterocycles. The van der Waals surface area contributed by atoms with Gasteiger partial charge in [-0.25, -0.2) is 0 Å². The van der Waals surface area contributed by atoms with Crippen molar-refractivity contribution in [2.45, 2.75) is 78.9 Å². The van der Waals surface area contributed by atoms with E-state index in [4.69, 9.17) is 9.47 Å². The minimum Gasteiger partial charge on any atom is -0.379 e. The van der Waals surface area contributed by atoms with Crippen LogP contribution >= 0.6 is 0 Å². The average Bonchev–Trinajstić information content (AvgIpc) is 2.72. The van der Waals surface area contributed by atoms with Crippen LogP contribution in [0.25, 0.3) is 0 Å². The monoisotopic (exact) mass is 398 g/mol. The summed E-state index contributed by atoms with van der Waals surface area (Å²) in [6.07, 6.45) is 4.74. The Kier molecular flexibility index (Phi) is 12.6. The molecule has 6 nitrogen and oxygen atoms in total. The number of ether oxygens (including phenoxy) is 2. The summed E-state index contributed by atoms with van der Waals surface area (Å²) in [6, 6.07) is 0.566. The SMILES string of the molecule is CC.CC(=O)C1CCN(C2CCN(C(=O)CCOCCOC(C)C)CC2)CC1. The lowest BCUT2D eigenvalue weighted by Crippen LogP contribution is -2.49. The van der Waals surface area contributed by atoms with Gasteiger partial charge < -0.3 is 19.3 Å². The Morgan fingerprint density at radius 2 is 1.54 bits per heavy atom. The number of amides is 1. The lowest BCUT2D eigenvalue weighted by Gasteiger charge is -2.41. The average molecular weight is 399 g/mol. The molecule has 0 N–H and O–H groups in total. The molecule has 0 radical (unpaired) electrons. The van der Waals surface area contributed by atoms with E-state index in [1.807, 2.05) is 32.6 Å². The summed E-state index contributed by atoms with van der Waals surface area (Å²) in [7, 11) is 0. The predicted octanol–water partition coefficient (Wildman–Crippen LogP) is 3.14. The Labute approximate surface area is 171 Å². The zero-order chi connectivity index (χ0) is 20.9. The van der Waals surface area contributed by atoms with E-state index >= 15 is 0 Å². The van der Waals surface area contributed by atoms with Crippen molar-refractivity contribution in [1.29, 1.82) is 0 Å².